The number of nitrogens with two attached hydrogens (primary N) is 2. The van der Waals surface area contributed by atoms with Crippen molar-refractivity contribution in [1.82, 2.24) is 4.98 Å². The molecule has 0 unspecified atom stereocenters. The van der Waals surface area contributed by atoms with Gasteiger partial charge in [-0.05, 0) is 30.7 Å². The minimum Gasteiger partial charge on any atom is -0.450 e. The minimum absolute atomic E-state index is 0.105. The fourth-order valence-corrected chi connectivity index (χ4v) is 1.92. The van der Waals surface area contributed by atoms with Crippen molar-refractivity contribution in [2.75, 3.05) is 23.4 Å². The molecule has 0 aliphatic carbocycles. The highest BCUT2D eigenvalue weighted by atomic mass is 19.1. The van der Waals surface area contributed by atoms with Crippen molar-refractivity contribution in [3.8, 4) is 0 Å². The molecule has 2 aromatic rings. The van der Waals surface area contributed by atoms with Gasteiger partial charge in [-0.2, -0.15) is 0 Å². The molecule has 116 valence electrons. The summed E-state index contributed by atoms with van der Waals surface area (Å²) in [5.41, 5.74) is 13.4. The van der Waals surface area contributed by atoms with Crippen LogP contribution >= 0.6 is 0 Å². The summed E-state index contributed by atoms with van der Waals surface area (Å²) < 4.78 is 17.7. The van der Waals surface area contributed by atoms with Crippen LogP contribution in [-0.2, 0) is 11.2 Å². The molecule has 6 nitrogen and oxygen atoms in total. The second-order valence-electron chi connectivity index (χ2n) is 4.61. The Kier molecular flexibility index (Phi) is 4.77. The van der Waals surface area contributed by atoms with E-state index < -0.39 is 6.09 Å². The highest BCUT2D eigenvalue weighted by Gasteiger charge is 2.11. The van der Waals surface area contributed by atoms with Crippen LogP contribution in [0.4, 0.5) is 26.5 Å². The monoisotopic (exact) mass is 304 g/mol. The molecule has 1 aromatic carbocycles. The molecule has 0 fully saturated rings. The zero-order chi connectivity index (χ0) is 16.1. The molecule has 2 rings (SSSR count). The highest BCUT2D eigenvalue weighted by Crippen LogP contribution is 2.24. The summed E-state index contributed by atoms with van der Waals surface area (Å²) in [6, 6.07) is 7.69. The molecule has 0 bridgehead atoms. The number of carbonyl (C=O) groups is 1. The molecule has 1 amide bonds. The molecule has 0 aliphatic rings. The zero-order valence-corrected chi connectivity index (χ0v) is 12.1. The lowest BCUT2D eigenvalue weighted by molar-refractivity contribution is 0.168. The van der Waals surface area contributed by atoms with Crippen LogP contribution in [0, 0.1) is 5.82 Å². The predicted molar refractivity (Wildman–Crippen MR) is 82.9 cm³/mol. The van der Waals surface area contributed by atoms with Gasteiger partial charge in [-0.25, -0.2) is 14.2 Å². The average Bonchev–Trinajstić information content (AvgIpc) is 2.46. The van der Waals surface area contributed by atoms with Crippen LogP contribution in [0.5, 0.6) is 0 Å². The normalized spacial score (nSPS) is 10.3. The van der Waals surface area contributed by atoms with Crippen LogP contribution in [0.3, 0.4) is 0 Å². The number of aromatic nitrogens is 1. The Morgan fingerprint density at radius 3 is 2.59 bits per heavy atom. The third kappa shape index (κ3) is 3.85. The number of nitrogen functional groups attached to an aromatic ring is 2. The minimum atomic E-state index is -0.617. The summed E-state index contributed by atoms with van der Waals surface area (Å²) in [6.45, 7) is 1.95. The molecule has 1 heterocycles. The number of hydrogen-bond acceptors (Lipinski definition) is 5. The van der Waals surface area contributed by atoms with Crippen molar-refractivity contribution in [3.63, 3.8) is 0 Å². The van der Waals surface area contributed by atoms with Gasteiger partial charge < -0.3 is 16.2 Å². The lowest BCUT2D eigenvalue weighted by Gasteiger charge is -2.12. The fourth-order valence-electron chi connectivity index (χ4n) is 1.92. The Morgan fingerprint density at radius 2 is 1.95 bits per heavy atom. The SMILES string of the molecule is CCOC(=O)Nc1cc(Cc2ccc(F)cc2)c(N)nc1N. The summed E-state index contributed by atoms with van der Waals surface area (Å²) in [5.74, 6) is 0.0569. The second kappa shape index (κ2) is 6.75. The van der Waals surface area contributed by atoms with E-state index >= 15 is 0 Å². The third-order valence-corrected chi connectivity index (χ3v) is 2.98. The molecule has 0 aliphatic heterocycles. The van der Waals surface area contributed by atoms with Crippen molar-refractivity contribution in [1.29, 1.82) is 0 Å². The number of carbonyl (C=O) groups excluding carboxylic acids is 1. The van der Waals surface area contributed by atoms with Crippen molar-refractivity contribution in [3.05, 3.63) is 47.3 Å². The first-order valence-corrected chi connectivity index (χ1v) is 6.72. The topological polar surface area (TPSA) is 103 Å². The van der Waals surface area contributed by atoms with Gasteiger partial charge in [0, 0.05) is 12.0 Å². The van der Waals surface area contributed by atoms with Gasteiger partial charge in [-0.3, -0.25) is 5.32 Å². The van der Waals surface area contributed by atoms with Gasteiger partial charge in [-0.1, -0.05) is 12.1 Å². The van der Waals surface area contributed by atoms with Crippen molar-refractivity contribution < 1.29 is 13.9 Å². The maximum Gasteiger partial charge on any atom is 0.411 e. The number of nitrogens with zero attached hydrogens (tertiary/aromatic N) is 1. The quantitative estimate of drug-likeness (QED) is 0.805. The van der Waals surface area contributed by atoms with Crippen molar-refractivity contribution in [2.24, 2.45) is 0 Å². The third-order valence-electron chi connectivity index (χ3n) is 2.98. The van der Waals surface area contributed by atoms with Crippen LogP contribution in [0.25, 0.3) is 0 Å². The van der Waals surface area contributed by atoms with Gasteiger partial charge in [0.15, 0.2) is 0 Å². The summed E-state index contributed by atoms with van der Waals surface area (Å²) in [5, 5.41) is 2.51. The number of halogens is 1. The van der Waals surface area contributed by atoms with E-state index in [-0.39, 0.29) is 24.1 Å². The number of rotatable bonds is 4. The maximum atomic E-state index is 12.9. The lowest BCUT2D eigenvalue weighted by Crippen LogP contribution is -2.16. The second-order valence-corrected chi connectivity index (χ2v) is 4.61. The van der Waals surface area contributed by atoms with E-state index in [0.717, 1.165) is 5.56 Å². The van der Waals surface area contributed by atoms with Crippen molar-refractivity contribution in [2.45, 2.75) is 13.3 Å². The van der Waals surface area contributed by atoms with E-state index in [4.69, 9.17) is 16.2 Å². The standard InChI is InChI=1S/C15H17FN4O2/c1-2-22-15(21)19-12-8-10(13(17)20-14(12)18)7-9-3-5-11(16)6-4-9/h3-6,8H,2,7H2,1H3,(H,19,21)(H4,17,18,20). The maximum absolute atomic E-state index is 12.9. The van der Waals surface area contributed by atoms with Crippen LogP contribution < -0.4 is 16.8 Å². The zero-order valence-electron chi connectivity index (χ0n) is 12.1. The first kappa shape index (κ1) is 15.6. The molecule has 1 aromatic heterocycles. The van der Waals surface area contributed by atoms with Gasteiger partial charge in [0.1, 0.15) is 17.5 Å². The largest absolute Gasteiger partial charge is 0.450 e. The number of anilines is 3. The summed E-state index contributed by atoms with van der Waals surface area (Å²) >= 11 is 0. The number of ether oxygens (including phenoxy) is 1. The number of hydrogen-bond donors (Lipinski definition) is 3. The Labute approximate surface area is 127 Å². The summed E-state index contributed by atoms with van der Waals surface area (Å²) in [7, 11) is 0. The molecule has 0 radical (unpaired) electrons. The number of benzene rings is 1. The van der Waals surface area contributed by atoms with Gasteiger partial charge in [-0.15, -0.1) is 0 Å². The van der Waals surface area contributed by atoms with Gasteiger partial charge in [0.25, 0.3) is 0 Å². The molecule has 22 heavy (non-hydrogen) atoms. The number of nitrogens with one attached hydrogen (secondary N) is 1. The smallest absolute Gasteiger partial charge is 0.411 e. The Bertz CT molecular complexity index is 674. The molecular weight excluding hydrogens is 287 g/mol. The Balaban J connectivity index is 2.23. The Hall–Kier alpha value is -2.83. The predicted octanol–water partition coefficient (Wildman–Crippen LogP) is 2.54. The molecular formula is C15H17FN4O2. The summed E-state index contributed by atoms with van der Waals surface area (Å²) in [6.07, 6.45) is -0.176. The van der Waals surface area contributed by atoms with Gasteiger partial charge >= 0.3 is 6.09 Å². The fraction of sp³-hybridized carbons (Fsp3) is 0.200. The van der Waals surface area contributed by atoms with E-state index in [2.05, 4.69) is 10.3 Å². The van der Waals surface area contributed by atoms with Gasteiger partial charge in [0.2, 0.25) is 0 Å². The molecule has 0 atom stereocenters. The molecule has 0 saturated carbocycles. The first-order chi connectivity index (χ1) is 10.5. The van der Waals surface area contributed by atoms with Crippen LogP contribution in [-0.4, -0.2) is 17.7 Å². The van der Waals surface area contributed by atoms with Crippen molar-refractivity contribution >= 4 is 23.4 Å². The van der Waals surface area contributed by atoms with Crippen LogP contribution in [0.2, 0.25) is 0 Å². The molecule has 0 spiro atoms. The van der Waals surface area contributed by atoms with E-state index in [0.29, 0.717) is 17.7 Å². The first-order valence-electron chi connectivity index (χ1n) is 6.72. The van der Waals surface area contributed by atoms with E-state index in [9.17, 15) is 9.18 Å². The van der Waals surface area contributed by atoms with Crippen LogP contribution in [0.1, 0.15) is 18.1 Å². The Morgan fingerprint density at radius 1 is 1.27 bits per heavy atom. The van der Waals surface area contributed by atoms with Gasteiger partial charge in [0.05, 0.1) is 12.3 Å². The van der Waals surface area contributed by atoms with E-state index in [1.165, 1.54) is 12.1 Å². The number of pyridine rings is 1. The van der Waals surface area contributed by atoms with Crippen LogP contribution in [0.15, 0.2) is 30.3 Å². The van der Waals surface area contributed by atoms with E-state index in [1.54, 1.807) is 25.1 Å². The average molecular weight is 304 g/mol. The molecule has 5 N–H and O–H groups in total. The highest BCUT2D eigenvalue weighted by molar-refractivity contribution is 5.88. The van der Waals surface area contributed by atoms with E-state index in [1.807, 2.05) is 0 Å². The number of amides is 1. The molecule has 7 heteroatoms. The lowest BCUT2D eigenvalue weighted by atomic mass is 10.1. The molecule has 0 saturated heterocycles. The summed E-state index contributed by atoms with van der Waals surface area (Å²) in [4.78, 5) is 15.5.